The van der Waals surface area contributed by atoms with Crippen molar-refractivity contribution >= 4 is 5.97 Å². The van der Waals surface area contributed by atoms with Crippen LogP contribution in [0.1, 0.15) is 29.3 Å². The van der Waals surface area contributed by atoms with E-state index in [1.54, 1.807) is 19.1 Å². The van der Waals surface area contributed by atoms with Gasteiger partial charge in [0, 0.05) is 0 Å². The predicted octanol–water partition coefficient (Wildman–Crippen LogP) is 1.09. The normalized spacial score (nSPS) is 12.6. The van der Waals surface area contributed by atoms with E-state index in [9.17, 15) is 4.79 Å². The van der Waals surface area contributed by atoms with Crippen LogP contribution in [0.2, 0.25) is 0 Å². The Balaban J connectivity index is 2.84. The topological polar surface area (TPSA) is 65.5 Å². The average molecular weight is 169 g/mol. The second-order valence-electron chi connectivity index (χ2n) is 2.48. The smallest absolute Gasteiger partial charge is 0.373 e. The molecule has 1 aromatic heterocycles. The highest BCUT2D eigenvalue weighted by Crippen LogP contribution is 2.14. The molecular formula is C8H11NO3. The fourth-order valence-electron chi connectivity index (χ4n) is 0.808. The van der Waals surface area contributed by atoms with Crippen molar-refractivity contribution in [1.82, 2.24) is 0 Å². The molecule has 4 nitrogen and oxygen atoms in total. The van der Waals surface area contributed by atoms with E-state index in [0.29, 0.717) is 5.76 Å². The summed E-state index contributed by atoms with van der Waals surface area (Å²) in [6.07, 6.45) is 0. The number of furan rings is 1. The van der Waals surface area contributed by atoms with Gasteiger partial charge in [0.1, 0.15) is 5.76 Å². The quantitative estimate of drug-likeness (QED) is 0.673. The third kappa shape index (κ3) is 1.65. The first-order valence-electron chi connectivity index (χ1n) is 3.58. The van der Waals surface area contributed by atoms with Gasteiger partial charge in [-0.05, 0) is 19.1 Å². The third-order valence-corrected chi connectivity index (χ3v) is 1.46. The maximum atomic E-state index is 10.9. The molecule has 0 saturated heterocycles. The van der Waals surface area contributed by atoms with E-state index in [0.717, 1.165) is 0 Å². The summed E-state index contributed by atoms with van der Waals surface area (Å²) in [6.45, 7) is 1.78. The first-order chi connectivity index (χ1) is 5.65. The van der Waals surface area contributed by atoms with Crippen LogP contribution in [-0.2, 0) is 4.74 Å². The minimum absolute atomic E-state index is 0.185. The Labute approximate surface area is 70.3 Å². The molecular weight excluding hydrogens is 158 g/mol. The molecule has 0 fully saturated rings. The van der Waals surface area contributed by atoms with Crippen molar-refractivity contribution in [3.8, 4) is 0 Å². The van der Waals surface area contributed by atoms with Gasteiger partial charge >= 0.3 is 5.97 Å². The van der Waals surface area contributed by atoms with Gasteiger partial charge in [-0.15, -0.1) is 0 Å². The standard InChI is InChI=1S/C8H11NO3/c1-5(9)6-3-4-7(12-6)8(10)11-2/h3-5H,9H2,1-2H3/t5-/m0/s1. The Bertz CT molecular complexity index is 278. The van der Waals surface area contributed by atoms with E-state index < -0.39 is 5.97 Å². The van der Waals surface area contributed by atoms with Crippen LogP contribution in [0.3, 0.4) is 0 Å². The number of carbonyl (C=O) groups is 1. The van der Waals surface area contributed by atoms with E-state index in [1.807, 2.05) is 0 Å². The van der Waals surface area contributed by atoms with Gasteiger partial charge in [0.05, 0.1) is 13.2 Å². The highest BCUT2D eigenvalue weighted by atomic mass is 16.5. The molecule has 0 aliphatic rings. The van der Waals surface area contributed by atoms with Crippen LogP contribution in [-0.4, -0.2) is 13.1 Å². The summed E-state index contributed by atoms with van der Waals surface area (Å²) in [7, 11) is 1.30. The van der Waals surface area contributed by atoms with E-state index in [-0.39, 0.29) is 11.8 Å². The Morgan fingerprint density at radius 2 is 2.33 bits per heavy atom. The highest BCUT2D eigenvalue weighted by Gasteiger charge is 2.12. The lowest BCUT2D eigenvalue weighted by Gasteiger charge is -1.98. The van der Waals surface area contributed by atoms with Gasteiger partial charge in [-0.2, -0.15) is 0 Å². The van der Waals surface area contributed by atoms with Crippen molar-refractivity contribution in [1.29, 1.82) is 0 Å². The molecule has 0 radical (unpaired) electrons. The monoisotopic (exact) mass is 169 g/mol. The second-order valence-corrected chi connectivity index (χ2v) is 2.48. The molecule has 0 spiro atoms. The predicted molar refractivity (Wildman–Crippen MR) is 42.6 cm³/mol. The van der Waals surface area contributed by atoms with Gasteiger partial charge in [0.2, 0.25) is 5.76 Å². The van der Waals surface area contributed by atoms with Crippen LogP contribution in [0, 0.1) is 0 Å². The molecule has 0 aliphatic heterocycles. The number of methoxy groups -OCH3 is 1. The van der Waals surface area contributed by atoms with E-state index in [1.165, 1.54) is 7.11 Å². The molecule has 66 valence electrons. The van der Waals surface area contributed by atoms with Crippen LogP contribution in [0.25, 0.3) is 0 Å². The summed E-state index contributed by atoms with van der Waals surface area (Å²) in [5.41, 5.74) is 5.52. The van der Waals surface area contributed by atoms with Gasteiger partial charge in [-0.25, -0.2) is 4.79 Å². The number of esters is 1. The number of ether oxygens (including phenoxy) is 1. The molecule has 1 aromatic rings. The van der Waals surface area contributed by atoms with Crippen molar-refractivity contribution in [2.45, 2.75) is 13.0 Å². The molecule has 4 heteroatoms. The molecule has 0 aromatic carbocycles. The number of hydrogen-bond acceptors (Lipinski definition) is 4. The summed E-state index contributed by atoms with van der Waals surface area (Å²) >= 11 is 0. The second kappa shape index (κ2) is 3.40. The zero-order valence-corrected chi connectivity index (χ0v) is 7.03. The van der Waals surface area contributed by atoms with Gasteiger partial charge in [0.25, 0.3) is 0 Å². The molecule has 2 N–H and O–H groups in total. The SMILES string of the molecule is COC(=O)c1ccc([C@H](C)N)o1. The van der Waals surface area contributed by atoms with Crippen molar-refractivity contribution in [3.63, 3.8) is 0 Å². The molecule has 0 amide bonds. The maximum absolute atomic E-state index is 10.9. The zero-order valence-electron chi connectivity index (χ0n) is 7.03. The van der Waals surface area contributed by atoms with Crippen molar-refractivity contribution < 1.29 is 13.9 Å². The lowest BCUT2D eigenvalue weighted by atomic mass is 10.3. The van der Waals surface area contributed by atoms with Crippen LogP contribution in [0.15, 0.2) is 16.5 Å². The summed E-state index contributed by atoms with van der Waals surface area (Å²) < 4.78 is 9.55. The molecule has 1 atom stereocenters. The van der Waals surface area contributed by atoms with E-state index in [2.05, 4.69) is 4.74 Å². The Hall–Kier alpha value is -1.29. The highest BCUT2D eigenvalue weighted by molar-refractivity contribution is 5.86. The largest absolute Gasteiger partial charge is 0.463 e. The van der Waals surface area contributed by atoms with Crippen LogP contribution < -0.4 is 5.73 Å². The van der Waals surface area contributed by atoms with E-state index in [4.69, 9.17) is 10.2 Å². The Morgan fingerprint density at radius 3 is 2.75 bits per heavy atom. The Morgan fingerprint density at radius 1 is 1.67 bits per heavy atom. The molecule has 12 heavy (non-hydrogen) atoms. The first-order valence-corrected chi connectivity index (χ1v) is 3.58. The minimum Gasteiger partial charge on any atom is -0.463 e. The van der Waals surface area contributed by atoms with E-state index >= 15 is 0 Å². The molecule has 1 heterocycles. The number of carbonyl (C=O) groups excluding carboxylic acids is 1. The number of rotatable bonds is 2. The van der Waals surface area contributed by atoms with Gasteiger partial charge in [-0.1, -0.05) is 0 Å². The van der Waals surface area contributed by atoms with Crippen molar-refractivity contribution in [2.75, 3.05) is 7.11 Å². The molecule has 1 rings (SSSR count). The Kier molecular flexibility index (Phi) is 2.50. The maximum Gasteiger partial charge on any atom is 0.373 e. The lowest BCUT2D eigenvalue weighted by molar-refractivity contribution is 0.0562. The first kappa shape index (κ1) is 8.80. The van der Waals surface area contributed by atoms with Crippen LogP contribution >= 0.6 is 0 Å². The van der Waals surface area contributed by atoms with Crippen LogP contribution in [0.4, 0.5) is 0 Å². The fraction of sp³-hybridized carbons (Fsp3) is 0.375. The number of nitrogens with two attached hydrogens (primary N) is 1. The summed E-state index contributed by atoms with van der Waals surface area (Å²) in [4.78, 5) is 10.9. The van der Waals surface area contributed by atoms with Crippen molar-refractivity contribution in [3.05, 3.63) is 23.7 Å². The zero-order chi connectivity index (χ0) is 9.14. The third-order valence-electron chi connectivity index (χ3n) is 1.46. The molecule has 0 unspecified atom stereocenters. The molecule has 0 bridgehead atoms. The van der Waals surface area contributed by atoms with Crippen LogP contribution in [0.5, 0.6) is 0 Å². The summed E-state index contributed by atoms with van der Waals surface area (Å²) in [5, 5.41) is 0. The summed E-state index contributed by atoms with van der Waals surface area (Å²) in [5.74, 6) is 0.280. The van der Waals surface area contributed by atoms with Gasteiger partial charge in [-0.3, -0.25) is 0 Å². The van der Waals surface area contributed by atoms with Gasteiger partial charge < -0.3 is 14.9 Å². The average Bonchev–Trinajstić information content (AvgIpc) is 2.51. The van der Waals surface area contributed by atoms with Crippen molar-refractivity contribution in [2.24, 2.45) is 5.73 Å². The number of hydrogen-bond donors (Lipinski definition) is 1. The molecule has 0 saturated carbocycles. The molecule has 0 aliphatic carbocycles. The summed E-state index contributed by atoms with van der Waals surface area (Å²) in [6, 6.07) is 3.00. The van der Waals surface area contributed by atoms with Gasteiger partial charge in [0.15, 0.2) is 0 Å². The fourth-order valence-corrected chi connectivity index (χ4v) is 0.808. The lowest BCUT2D eigenvalue weighted by Crippen LogP contribution is -2.03. The minimum atomic E-state index is -0.484.